The molecule has 1 amide bonds. The van der Waals surface area contributed by atoms with Crippen LogP contribution in [0.1, 0.15) is 10.4 Å². The quantitative estimate of drug-likeness (QED) is 0.703. The van der Waals surface area contributed by atoms with Gasteiger partial charge in [0.25, 0.3) is 5.91 Å². The van der Waals surface area contributed by atoms with Crippen molar-refractivity contribution in [2.24, 2.45) is 0 Å². The van der Waals surface area contributed by atoms with Gasteiger partial charge < -0.3 is 5.32 Å². The second-order valence-electron chi connectivity index (χ2n) is 3.32. The molecule has 1 aromatic carbocycles. The number of benzene rings is 1. The fourth-order valence-electron chi connectivity index (χ4n) is 1.27. The van der Waals surface area contributed by atoms with E-state index in [4.69, 9.17) is 34.8 Å². The molecule has 0 fully saturated rings. The maximum atomic E-state index is 11.9. The third-order valence-corrected chi connectivity index (χ3v) is 4.78. The zero-order chi connectivity index (χ0) is 13.3. The van der Waals surface area contributed by atoms with E-state index in [1.165, 1.54) is 6.07 Å². The second-order valence-corrected chi connectivity index (χ2v) is 6.87. The van der Waals surface area contributed by atoms with E-state index in [0.717, 1.165) is 11.3 Å². The van der Waals surface area contributed by atoms with Gasteiger partial charge in [-0.3, -0.25) is 4.79 Å². The molecular formula is C11H5BrCl3NOS. The number of rotatable bonds is 2. The first-order chi connectivity index (χ1) is 8.47. The predicted octanol–water partition coefficient (Wildman–Crippen LogP) is 5.72. The summed E-state index contributed by atoms with van der Waals surface area (Å²) in [6.07, 6.45) is 0. The van der Waals surface area contributed by atoms with Crippen molar-refractivity contribution in [3.05, 3.63) is 48.0 Å². The molecule has 0 saturated heterocycles. The Morgan fingerprint density at radius 3 is 2.50 bits per heavy atom. The minimum Gasteiger partial charge on any atom is -0.322 e. The lowest BCUT2D eigenvalue weighted by Gasteiger charge is -2.05. The minimum atomic E-state index is -0.308. The Kier molecular flexibility index (Phi) is 4.56. The van der Waals surface area contributed by atoms with Crippen LogP contribution < -0.4 is 5.32 Å². The summed E-state index contributed by atoms with van der Waals surface area (Å²) in [5, 5.41) is 3.29. The van der Waals surface area contributed by atoms with Crippen molar-refractivity contribution in [3.8, 4) is 0 Å². The van der Waals surface area contributed by atoms with Crippen LogP contribution in [0, 0.1) is 0 Å². The van der Waals surface area contributed by atoms with Crippen molar-refractivity contribution >= 4 is 73.7 Å². The van der Waals surface area contributed by atoms with Gasteiger partial charge in [0, 0.05) is 10.2 Å². The smallest absolute Gasteiger partial charge is 0.258 e. The lowest BCUT2D eigenvalue weighted by molar-refractivity contribution is 0.102. The summed E-state index contributed by atoms with van der Waals surface area (Å²) < 4.78 is 1.55. The molecule has 18 heavy (non-hydrogen) atoms. The summed E-state index contributed by atoms with van der Waals surface area (Å²) >= 11 is 22.0. The normalized spacial score (nSPS) is 10.4. The number of carbonyl (C=O) groups excluding carboxylic acids is 1. The highest BCUT2D eigenvalue weighted by molar-refractivity contribution is 9.10. The fraction of sp³-hybridized carbons (Fsp3) is 0. The van der Waals surface area contributed by atoms with Crippen molar-refractivity contribution in [1.29, 1.82) is 0 Å². The molecule has 0 unspecified atom stereocenters. The Morgan fingerprint density at radius 2 is 1.94 bits per heavy atom. The lowest BCUT2D eigenvalue weighted by Crippen LogP contribution is -2.11. The molecule has 0 radical (unpaired) electrons. The topological polar surface area (TPSA) is 29.1 Å². The van der Waals surface area contributed by atoms with Gasteiger partial charge in [-0.1, -0.05) is 34.8 Å². The third kappa shape index (κ3) is 3.19. The van der Waals surface area contributed by atoms with Gasteiger partial charge in [0.2, 0.25) is 0 Å². The summed E-state index contributed by atoms with van der Waals surface area (Å²) in [6.45, 7) is 0. The SMILES string of the molecule is O=C(Nc1ccc(Cl)c(Br)c1)c1cc(Cl)sc1Cl. The molecule has 1 aromatic heterocycles. The molecule has 7 heteroatoms. The number of anilines is 1. The summed E-state index contributed by atoms with van der Waals surface area (Å²) in [5.74, 6) is -0.308. The van der Waals surface area contributed by atoms with E-state index >= 15 is 0 Å². The molecular weight excluding hydrogens is 380 g/mol. The molecule has 2 rings (SSSR count). The predicted molar refractivity (Wildman–Crippen MR) is 81.4 cm³/mol. The van der Waals surface area contributed by atoms with Crippen LogP contribution in [0.5, 0.6) is 0 Å². The van der Waals surface area contributed by atoms with Crippen molar-refractivity contribution in [2.45, 2.75) is 0 Å². The van der Waals surface area contributed by atoms with Crippen molar-refractivity contribution in [1.82, 2.24) is 0 Å². The van der Waals surface area contributed by atoms with E-state index in [9.17, 15) is 4.79 Å². The van der Waals surface area contributed by atoms with Crippen LogP contribution in [-0.2, 0) is 0 Å². The number of amides is 1. The molecule has 1 heterocycles. The van der Waals surface area contributed by atoms with E-state index in [2.05, 4.69) is 21.2 Å². The van der Waals surface area contributed by atoms with E-state index in [1.807, 2.05) is 0 Å². The second kappa shape index (κ2) is 5.80. The van der Waals surface area contributed by atoms with Crippen LogP contribution in [0.25, 0.3) is 0 Å². The number of carbonyl (C=O) groups is 1. The van der Waals surface area contributed by atoms with Gasteiger partial charge in [0.05, 0.1) is 14.9 Å². The van der Waals surface area contributed by atoms with Gasteiger partial charge in [0.15, 0.2) is 0 Å². The number of halogens is 4. The van der Waals surface area contributed by atoms with Gasteiger partial charge in [-0.05, 0) is 40.2 Å². The molecule has 0 aliphatic carbocycles. The molecule has 0 aliphatic rings. The van der Waals surface area contributed by atoms with Gasteiger partial charge in [-0.2, -0.15) is 0 Å². The van der Waals surface area contributed by atoms with E-state index in [0.29, 0.717) is 29.4 Å². The molecule has 0 atom stereocenters. The van der Waals surface area contributed by atoms with Crippen LogP contribution in [-0.4, -0.2) is 5.91 Å². The van der Waals surface area contributed by atoms with E-state index < -0.39 is 0 Å². The fourth-order valence-corrected chi connectivity index (χ4v) is 3.22. The Morgan fingerprint density at radius 1 is 1.22 bits per heavy atom. The van der Waals surface area contributed by atoms with Gasteiger partial charge in [0.1, 0.15) is 4.34 Å². The van der Waals surface area contributed by atoms with Crippen LogP contribution in [0.3, 0.4) is 0 Å². The highest BCUT2D eigenvalue weighted by Crippen LogP contribution is 2.32. The third-order valence-electron chi connectivity index (χ3n) is 2.08. The van der Waals surface area contributed by atoms with Crippen LogP contribution in [0.2, 0.25) is 13.7 Å². The van der Waals surface area contributed by atoms with Crippen molar-refractivity contribution in [2.75, 3.05) is 5.32 Å². The highest BCUT2D eigenvalue weighted by atomic mass is 79.9. The van der Waals surface area contributed by atoms with Gasteiger partial charge in [-0.15, -0.1) is 11.3 Å². The molecule has 0 bridgehead atoms. The largest absolute Gasteiger partial charge is 0.322 e. The monoisotopic (exact) mass is 383 g/mol. The van der Waals surface area contributed by atoms with E-state index in [-0.39, 0.29) is 5.91 Å². The average molecular weight is 385 g/mol. The summed E-state index contributed by atoms with van der Waals surface area (Å²) in [7, 11) is 0. The van der Waals surface area contributed by atoms with Crippen LogP contribution in [0.4, 0.5) is 5.69 Å². The number of hydrogen-bond acceptors (Lipinski definition) is 2. The highest BCUT2D eigenvalue weighted by Gasteiger charge is 2.14. The number of nitrogens with one attached hydrogen (secondary N) is 1. The maximum absolute atomic E-state index is 11.9. The van der Waals surface area contributed by atoms with Crippen molar-refractivity contribution < 1.29 is 4.79 Å². The standard InChI is InChI=1S/C11H5BrCl3NOS/c12-7-3-5(1-2-8(7)13)16-11(17)6-4-9(14)18-10(6)15/h1-4H,(H,16,17). The Labute approximate surface area is 131 Å². The van der Waals surface area contributed by atoms with E-state index in [1.54, 1.807) is 18.2 Å². The lowest BCUT2D eigenvalue weighted by atomic mass is 10.3. The summed E-state index contributed by atoms with van der Waals surface area (Å²) in [4.78, 5) is 11.9. The first kappa shape index (κ1) is 14.2. The zero-order valence-corrected chi connectivity index (χ0v) is 13.3. The summed E-state index contributed by atoms with van der Waals surface area (Å²) in [5.41, 5.74) is 0.979. The molecule has 2 nitrogen and oxygen atoms in total. The maximum Gasteiger partial charge on any atom is 0.258 e. The van der Waals surface area contributed by atoms with Gasteiger partial charge >= 0.3 is 0 Å². The summed E-state index contributed by atoms with van der Waals surface area (Å²) in [6, 6.07) is 6.63. The molecule has 1 N–H and O–H groups in total. The Balaban J connectivity index is 2.21. The average Bonchev–Trinajstić information content (AvgIpc) is 2.63. The Bertz CT molecular complexity index is 614. The molecule has 0 aliphatic heterocycles. The molecule has 2 aromatic rings. The Hall–Kier alpha value is -0.260. The minimum absolute atomic E-state index is 0.308. The zero-order valence-electron chi connectivity index (χ0n) is 8.64. The van der Waals surface area contributed by atoms with Crippen molar-refractivity contribution in [3.63, 3.8) is 0 Å². The molecule has 0 spiro atoms. The first-order valence-corrected chi connectivity index (χ1v) is 7.43. The first-order valence-electron chi connectivity index (χ1n) is 4.68. The van der Waals surface area contributed by atoms with Gasteiger partial charge in [-0.25, -0.2) is 0 Å². The molecule has 0 saturated carbocycles. The number of thiophene rings is 1. The number of hydrogen-bond donors (Lipinski definition) is 1. The molecule has 94 valence electrons. The van der Waals surface area contributed by atoms with Crippen LogP contribution >= 0.6 is 62.1 Å². The van der Waals surface area contributed by atoms with Crippen LogP contribution in [0.15, 0.2) is 28.7 Å².